The number of methoxy groups -OCH3 is 1. The van der Waals surface area contributed by atoms with Crippen molar-refractivity contribution in [3.8, 4) is 5.75 Å². The molecule has 1 aliphatic rings. The molecular weight excluding hydrogens is 236 g/mol. The van der Waals surface area contributed by atoms with Crippen LogP contribution in [0.2, 0.25) is 0 Å². The standard InChI is InChI=1S/C16H26N2O/c1-4-18(2)12-11-17-16(13-5-6-13)14-7-9-15(19-3)10-8-14/h7-10,13,16-17H,4-6,11-12H2,1-3H3. The first-order valence-electron chi connectivity index (χ1n) is 7.30. The predicted molar refractivity (Wildman–Crippen MR) is 79.6 cm³/mol. The van der Waals surface area contributed by atoms with Crippen LogP contribution in [0, 0.1) is 5.92 Å². The normalized spacial score (nSPS) is 16.6. The van der Waals surface area contributed by atoms with Gasteiger partial charge in [0.05, 0.1) is 7.11 Å². The number of nitrogens with zero attached hydrogens (tertiary/aromatic N) is 1. The number of rotatable bonds is 8. The minimum atomic E-state index is 0.510. The third kappa shape index (κ3) is 4.22. The molecule has 0 aromatic heterocycles. The van der Waals surface area contributed by atoms with Gasteiger partial charge in [0.25, 0.3) is 0 Å². The highest BCUT2D eigenvalue weighted by atomic mass is 16.5. The Labute approximate surface area is 116 Å². The first kappa shape index (κ1) is 14.4. The van der Waals surface area contributed by atoms with E-state index in [2.05, 4.69) is 48.5 Å². The summed E-state index contributed by atoms with van der Waals surface area (Å²) in [7, 11) is 3.88. The van der Waals surface area contributed by atoms with Gasteiger partial charge < -0.3 is 15.0 Å². The zero-order chi connectivity index (χ0) is 13.7. The molecule has 1 aromatic rings. The largest absolute Gasteiger partial charge is 0.497 e. The summed E-state index contributed by atoms with van der Waals surface area (Å²) in [6.07, 6.45) is 2.71. The summed E-state index contributed by atoms with van der Waals surface area (Å²) in [5.41, 5.74) is 1.39. The second-order valence-corrected chi connectivity index (χ2v) is 5.44. The fourth-order valence-electron chi connectivity index (χ4n) is 2.37. The van der Waals surface area contributed by atoms with Gasteiger partial charge in [-0.3, -0.25) is 0 Å². The van der Waals surface area contributed by atoms with E-state index in [1.807, 2.05) is 0 Å². The molecule has 1 atom stereocenters. The Hall–Kier alpha value is -1.06. The van der Waals surface area contributed by atoms with E-state index in [1.165, 1.54) is 18.4 Å². The molecule has 19 heavy (non-hydrogen) atoms. The topological polar surface area (TPSA) is 24.5 Å². The third-order valence-corrected chi connectivity index (χ3v) is 3.97. The van der Waals surface area contributed by atoms with Gasteiger partial charge in [-0.05, 0) is 50.0 Å². The highest BCUT2D eigenvalue weighted by molar-refractivity contribution is 5.30. The Balaban J connectivity index is 1.91. The molecule has 1 saturated carbocycles. The molecule has 1 fully saturated rings. The summed E-state index contributed by atoms with van der Waals surface area (Å²) >= 11 is 0. The second-order valence-electron chi connectivity index (χ2n) is 5.44. The van der Waals surface area contributed by atoms with E-state index in [-0.39, 0.29) is 0 Å². The highest BCUT2D eigenvalue weighted by Crippen LogP contribution is 2.41. The lowest BCUT2D eigenvalue weighted by Crippen LogP contribution is -2.32. The minimum Gasteiger partial charge on any atom is -0.497 e. The second kappa shape index (κ2) is 6.92. The molecule has 3 heteroatoms. The Bertz CT molecular complexity index is 373. The molecule has 1 unspecified atom stereocenters. The predicted octanol–water partition coefficient (Wildman–Crippen LogP) is 2.69. The summed E-state index contributed by atoms with van der Waals surface area (Å²) in [5, 5.41) is 3.72. The number of likely N-dealkylation sites (N-methyl/N-ethyl adjacent to an activating group) is 1. The van der Waals surface area contributed by atoms with Gasteiger partial charge in [-0.15, -0.1) is 0 Å². The molecule has 0 saturated heterocycles. The van der Waals surface area contributed by atoms with Crippen molar-refractivity contribution < 1.29 is 4.74 Å². The summed E-state index contributed by atoms with van der Waals surface area (Å²) in [4.78, 5) is 2.34. The van der Waals surface area contributed by atoms with Crippen molar-refractivity contribution in [2.45, 2.75) is 25.8 Å². The monoisotopic (exact) mass is 262 g/mol. The van der Waals surface area contributed by atoms with Crippen LogP contribution in [0.15, 0.2) is 24.3 Å². The van der Waals surface area contributed by atoms with Gasteiger partial charge in [0, 0.05) is 19.1 Å². The van der Waals surface area contributed by atoms with E-state index >= 15 is 0 Å². The lowest BCUT2D eigenvalue weighted by Gasteiger charge is -2.21. The molecule has 0 amide bonds. The van der Waals surface area contributed by atoms with E-state index in [1.54, 1.807) is 7.11 Å². The zero-order valence-electron chi connectivity index (χ0n) is 12.4. The number of hydrogen-bond acceptors (Lipinski definition) is 3. The molecule has 2 rings (SSSR count). The number of nitrogens with one attached hydrogen (secondary N) is 1. The van der Waals surface area contributed by atoms with Crippen molar-refractivity contribution in [2.24, 2.45) is 5.92 Å². The van der Waals surface area contributed by atoms with Crippen molar-refractivity contribution in [2.75, 3.05) is 33.8 Å². The quantitative estimate of drug-likeness (QED) is 0.779. The first-order chi connectivity index (χ1) is 9.24. The van der Waals surface area contributed by atoms with Crippen LogP contribution in [-0.4, -0.2) is 38.7 Å². The average Bonchev–Trinajstić information content (AvgIpc) is 3.28. The van der Waals surface area contributed by atoms with Crippen LogP contribution < -0.4 is 10.1 Å². The van der Waals surface area contributed by atoms with Crippen molar-refractivity contribution in [3.63, 3.8) is 0 Å². The number of benzene rings is 1. The number of ether oxygens (including phenoxy) is 1. The van der Waals surface area contributed by atoms with Crippen molar-refractivity contribution in [3.05, 3.63) is 29.8 Å². The van der Waals surface area contributed by atoms with Gasteiger partial charge in [0.2, 0.25) is 0 Å². The van der Waals surface area contributed by atoms with Gasteiger partial charge >= 0.3 is 0 Å². The Morgan fingerprint density at radius 2 is 2.00 bits per heavy atom. The third-order valence-electron chi connectivity index (χ3n) is 3.97. The van der Waals surface area contributed by atoms with Gasteiger partial charge in [-0.1, -0.05) is 19.1 Å². The number of hydrogen-bond donors (Lipinski definition) is 1. The van der Waals surface area contributed by atoms with E-state index in [9.17, 15) is 0 Å². The van der Waals surface area contributed by atoms with Crippen LogP contribution >= 0.6 is 0 Å². The maximum Gasteiger partial charge on any atom is 0.118 e. The van der Waals surface area contributed by atoms with Crippen molar-refractivity contribution in [1.29, 1.82) is 0 Å². The van der Waals surface area contributed by atoms with Crippen LogP contribution in [0.3, 0.4) is 0 Å². The molecule has 0 radical (unpaired) electrons. The van der Waals surface area contributed by atoms with E-state index in [0.29, 0.717) is 6.04 Å². The zero-order valence-corrected chi connectivity index (χ0v) is 12.4. The van der Waals surface area contributed by atoms with Crippen LogP contribution in [0.4, 0.5) is 0 Å². The van der Waals surface area contributed by atoms with Gasteiger partial charge in [-0.25, -0.2) is 0 Å². The van der Waals surface area contributed by atoms with Gasteiger partial charge in [0.1, 0.15) is 5.75 Å². The van der Waals surface area contributed by atoms with Gasteiger partial charge in [-0.2, -0.15) is 0 Å². The summed E-state index contributed by atoms with van der Waals surface area (Å²) in [6.45, 7) is 5.47. The molecule has 3 nitrogen and oxygen atoms in total. The Morgan fingerprint density at radius 1 is 1.32 bits per heavy atom. The molecule has 0 aliphatic heterocycles. The molecule has 0 bridgehead atoms. The van der Waals surface area contributed by atoms with Crippen LogP contribution in [0.1, 0.15) is 31.4 Å². The molecule has 106 valence electrons. The fraction of sp³-hybridized carbons (Fsp3) is 0.625. The Kier molecular flexibility index (Phi) is 5.23. The SMILES string of the molecule is CCN(C)CCNC(c1ccc(OC)cc1)C1CC1. The Morgan fingerprint density at radius 3 is 2.53 bits per heavy atom. The van der Waals surface area contributed by atoms with Gasteiger partial charge in [0.15, 0.2) is 0 Å². The molecule has 1 aliphatic carbocycles. The maximum absolute atomic E-state index is 5.23. The van der Waals surface area contributed by atoms with Crippen molar-refractivity contribution in [1.82, 2.24) is 10.2 Å². The fourth-order valence-corrected chi connectivity index (χ4v) is 2.37. The highest BCUT2D eigenvalue weighted by Gasteiger charge is 2.31. The summed E-state index contributed by atoms with van der Waals surface area (Å²) in [5.74, 6) is 1.75. The molecule has 0 spiro atoms. The van der Waals surface area contributed by atoms with Crippen LogP contribution in [0.25, 0.3) is 0 Å². The van der Waals surface area contributed by atoms with Crippen molar-refractivity contribution >= 4 is 0 Å². The molecule has 0 heterocycles. The average molecular weight is 262 g/mol. The smallest absolute Gasteiger partial charge is 0.118 e. The van der Waals surface area contributed by atoms with E-state index in [4.69, 9.17) is 4.74 Å². The van der Waals surface area contributed by atoms with Crippen LogP contribution in [-0.2, 0) is 0 Å². The van der Waals surface area contributed by atoms with E-state index in [0.717, 1.165) is 31.3 Å². The molecular formula is C16H26N2O. The minimum absolute atomic E-state index is 0.510. The molecule has 1 N–H and O–H groups in total. The lowest BCUT2D eigenvalue weighted by atomic mass is 10.0. The van der Waals surface area contributed by atoms with Crippen LogP contribution in [0.5, 0.6) is 5.75 Å². The molecule has 1 aromatic carbocycles. The lowest BCUT2D eigenvalue weighted by molar-refractivity contribution is 0.334. The summed E-state index contributed by atoms with van der Waals surface area (Å²) < 4.78 is 5.23. The first-order valence-corrected chi connectivity index (χ1v) is 7.30. The van der Waals surface area contributed by atoms with E-state index < -0.39 is 0 Å². The summed E-state index contributed by atoms with van der Waals surface area (Å²) in [6, 6.07) is 9.02. The maximum atomic E-state index is 5.23.